The fourth-order valence-electron chi connectivity index (χ4n) is 4.04. The van der Waals surface area contributed by atoms with Crippen LogP contribution in [0.15, 0.2) is 53.7 Å². The predicted molar refractivity (Wildman–Crippen MR) is 132 cm³/mol. The van der Waals surface area contributed by atoms with Gasteiger partial charge in [-0.2, -0.15) is 0 Å². The SMILES string of the molecule is CNc1cc(Nc2cccn(-c3ccc(C)cn3)c2=O)nn2c(C(=O)N[C@H]3CC[C@@H]3OC)cnc12. The molecule has 1 aliphatic rings. The Bertz CT molecular complexity index is 1440. The van der Waals surface area contributed by atoms with Gasteiger partial charge in [-0.1, -0.05) is 6.07 Å². The highest BCUT2D eigenvalue weighted by Crippen LogP contribution is 2.24. The van der Waals surface area contributed by atoms with Crippen molar-refractivity contribution < 1.29 is 9.53 Å². The van der Waals surface area contributed by atoms with Crippen LogP contribution in [0.2, 0.25) is 0 Å². The number of nitrogens with one attached hydrogen (secondary N) is 3. The molecule has 11 nitrogen and oxygen atoms in total. The second-order valence-corrected chi connectivity index (χ2v) is 8.42. The largest absolute Gasteiger partial charge is 0.385 e. The third-order valence-corrected chi connectivity index (χ3v) is 6.15. The van der Waals surface area contributed by atoms with Crippen LogP contribution in [-0.2, 0) is 4.74 Å². The molecule has 2 atom stereocenters. The molecular weight excluding hydrogens is 448 g/mol. The van der Waals surface area contributed by atoms with Crippen molar-refractivity contribution in [1.82, 2.24) is 29.5 Å². The lowest BCUT2D eigenvalue weighted by molar-refractivity contribution is 0.00718. The molecule has 0 unspecified atom stereocenters. The maximum Gasteiger partial charge on any atom is 0.279 e. The van der Waals surface area contributed by atoms with Crippen LogP contribution in [0.4, 0.5) is 17.2 Å². The van der Waals surface area contributed by atoms with E-state index < -0.39 is 0 Å². The van der Waals surface area contributed by atoms with Gasteiger partial charge < -0.3 is 20.7 Å². The van der Waals surface area contributed by atoms with E-state index in [1.54, 1.807) is 50.8 Å². The Morgan fingerprint density at radius 3 is 2.69 bits per heavy atom. The molecule has 1 aliphatic carbocycles. The number of aryl methyl sites for hydroxylation is 1. The number of ether oxygens (including phenoxy) is 1. The summed E-state index contributed by atoms with van der Waals surface area (Å²) in [7, 11) is 3.39. The third kappa shape index (κ3) is 4.21. The molecule has 35 heavy (non-hydrogen) atoms. The summed E-state index contributed by atoms with van der Waals surface area (Å²) in [5.41, 5.74) is 2.47. The van der Waals surface area contributed by atoms with Crippen molar-refractivity contribution in [2.45, 2.75) is 31.9 Å². The van der Waals surface area contributed by atoms with E-state index in [4.69, 9.17) is 4.74 Å². The number of nitrogens with zero attached hydrogens (tertiary/aromatic N) is 5. The van der Waals surface area contributed by atoms with Crippen molar-refractivity contribution in [2.24, 2.45) is 0 Å². The molecule has 4 aromatic rings. The molecule has 0 saturated heterocycles. The zero-order valence-electron chi connectivity index (χ0n) is 19.6. The number of pyridine rings is 2. The van der Waals surface area contributed by atoms with E-state index in [0.717, 1.165) is 18.4 Å². The quantitative estimate of drug-likeness (QED) is 0.372. The van der Waals surface area contributed by atoms with Gasteiger partial charge in [0.2, 0.25) is 0 Å². The van der Waals surface area contributed by atoms with Gasteiger partial charge in [-0.05, 0) is 43.5 Å². The molecule has 4 aromatic heterocycles. The van der Waals surface area contributed by atoms with Gasteiger partial charge in [0.25, 0.3) is 11.5 Å². The van der Waals surface area contributed by atoms with E-state index in [1.807, 2.05) is 13.0 Å². The number of hydrogen-bond acceptors (Lipinski definition) is 8. The summed E-state index contributed by atoms with van der Waals surface area (Å²) in [6.45, 7) is 1.94. The third-order valence-electron chi connectivity index (χ3n) is 6.15. The maximum absolute atomic E-state index is 13.1. The minimum absolute atomic E-state index is 0.0134. The fourth-order valence-corrected chi connectivity index (χ4v) is 4.04. The van der Waals surface area contributed by atoms with Crippen LogP contribution in [0.5, 0.6) is 0 Å². The number of anilines is 3. The summed E-state index contributed by atoms with van der Waals surface area (Å²) < 4.78 is 8.30. The molecule has 4 heterocycles. The second-order valence-electron chi connectivity index (χ2n) is 8.42. The zero-order valence-corrected chi connectivity index (χ0v) is 19.6. The number of hydrogen-bond donors (Lipinski definition) is 3. The average Bonchev–Trinajstić information content (AvgIpc) is 3.27. The standard InChI is InChI=1S/C24H26N8O3/c1-14-6-9-21(26-12-14)31-10-4-5-16(24(31)34)28-20-11-17(25-2)22-27-13-18(32(22)30-20)23(33)29-15-7-8-19(15)35-3/h4-6,9-13,15,19,25H,7-8H2,1-3H3,(H,28,30)(H,29,33)/t15-,19-/m0/s1. The maximum atomic E-state index is 13.1. The first-order valence-electron chi connectivity index (χ1n) is 11.3. The number of imidazole rings is 1. The van der Waals surface area contributed by atoms with Gasteiger partial charge in [-0.15, -0.1) is 5.10 Å². The Kier molecular flexibility index (Phi) is 5.91. The first-order chi connectivity index (χ1) is 17.0. The number of amides is 1. The number of methoxy groups -OCH3 is 1. The van der Waals surface area contributed by atoms with Crippen LogP contribution >= 0.6 is 0 Å². The molecule has 11 heteroatoms. The molecule has 5 rings (SSSR count). The van der Waals surface area contributed by atoms with Crippen molar-refractivity contribution in [3.63, 3.8) is 0 Å². The van der Waals surface area contributed by atoms with Gasteiger partial charge >= 0.3 is 0 Å². The lowest BCUT2D eigenvalue weighted by Gasteiger charge is -2.35. The zero-order chi connectivity index (χ0) is 24.5. The van der Waals surface area contributed by atoms with Crippen LogP contribution in [0.25, 0.3) is 11.5 Å². The molecule has 3 N–H and O–H groups in total. The summed E-state index contributed by atoms with van der Waals surface area (Å²) in [5, 5.41) is 13.7. The summed E-state index contributed by atoms with van der Waals surface area (Å²) in [6.07, 6.45) is 6.64. The highest BCUT2D eigenvalue weighted by Gasteiger charge is 2.33. The van der Waals surface area contributed by atoms with Crippen LogP contribution in [-0.4, -0.2) is 56.4 Å². The summed E-state index contributed by atoms with van der Waals surface area (Å²) in [5.74, 6) is 0.602. The van der Waals surface area contributed by atoms with Gasteiger partial charge in [-0.3, -0.25) is 14.2 Å². The van der Waals surface area contributed by atoms with E-state index in [9.17, 15) is 9.59 Å². The molecule has 180 valence electrons. The first kappa shape index (κ1) is 22.5. The predicted octanol–water partition coefficient (Wildman–Crippen LogP) is 2.28. The summed E-state index contributed by atoms with van der Waals surface area (Å²) >= 11 is 0. The monoisotopic (exact) mass is 474 g/mol. The van der Waals surface area contributed by atoms with E-state index >= 15 is 0 Å². The number of fused-ring (bicyclic) bond motifs is 1. The van der Waals surface area contributed by atoms with Gasteiger partial charge in [0.05, 0.1) is 24.0 Å². The normalized spacial score (nSPS) is 17.1. The second kappa shape index (κ2) is 9.18. The lowest BCUT2D eigenvalue weighted by Crippen LogP contribution is -2.51. The van der Waals surface area contributed by atoms with Gasteiger partial charge in [-0.25, -0.2) is 14.5 Å². The summed E-state index contributed by atoms with van der Waals surface area (Å²) in [6, 6.07) is 8.80. The Morgan fingerprint density at radius 2 is 2.00 bits per heavy atom. The molecule has 1 fully saturated rings. The Balaban J connectivity index is 1.48. The molecule has 0 aromatic carbocycles. The van der Waals surface area contributed by atoms with Crippen LogP contribution in [0, 0.1) is 6.92 Å². The van der Waals surface area contributed by atoms with E-state index in [1.165, 1.54) is 15.3 Å². The topological polar surface area (TPSA) is 127 Å². The van der Waals surface area contributed by atoms with Crippen molar-refractivity contribution in [3.8, 4) is 5.82 Å². The molecule has 0 spiro atoms. The molecule has 0 aliphatic heterocycles. The summed E-state index contributed by atoms with van der Waals surface area (Å²) in [4.78, 5) is 34.8. The van der Waals surface area contributed by atoms with Crippen LogP contribution < -0.4 is 21.5 Å². The Morgan fingerprint density at radius 1 is 1.14 bits per heavy atom. The van der Waals surface area contributed by atoms with Gasteiger partial charge in [0.1, 0.15) is 11.5 Å². The number of carbonyl (C=O) groups is 1. The van der Waals surface area contributed by atoms with E-state index in [0.29, 0.717) is 28.7 Å². The van der Waals surface area contributed by atoms with Crippen LogP contribution in [0.3, 0.4) is 0 Å². The van der Waals surface area contributed by atoms with Crippen molar-refractivity contribution in [1.29, 1.82) is 0 Å². The van der Waals surface area contributed by atoms with Gasteiger partial charge in [0, 0.05) is 32.6 Å². The Labute approximate surface area is 201 Å². The highest BCUT2D eigenvalue weighted by molar-refractivity contribution is 5.94. The first-order valence-corrected chi connectivity index (χ1v) is 11.3. The fraction of sp³-hybridized carbons (Fsp3) is 0.292. The van der Waals surface area contributed by atoms with E-state index in [2.05, 4.69) is 31.0 Å². The average molecular weight is 475 g/mol. The number of carbonyl (C=O) groups excluding carboxylic acids is 1. The van der Waals surface area contributed by atoms with Crippen molar-refractivity contribution in [3.05, 3.63) is 70.5 Å². The molecule has 1 amide bonds. The Hall–Kier alpha value is -4.25. The van der Waals surface area contributed by atoms with Crippen LogP contribution in [0.1, 0.15) is 28.9 Å². The van der Waals surface area contributed by atoms with Crippen molar-refractivity contribution in [2.75, 3.05) is 24.8 Å². The highest BCUT2D eigenvalue weighted by atomic mass is 16.5. The minimum Gasteiger partial charge on any atom is -0.385 e. The number of aromatic nitrogens is 5. The molecule has 0 radical (unpaired) electrons. The minimum atomic E-state index is -0.288. The lowest BCUT2D eigenvalue weighted by atomic mass is 9.89. The smallest absolute Gasteiger partial charge is 0.279 e. The molecule has 0 bridgehead atoms. The van der Waals surface area contributed by atoms with E-state index in [-0.39, 0.29) is 29.3 Å². The van der Waals surface area contributed by atoms with Crippen molar-refractivity contribution >= 4 is 28.7 Å². The van der Waals surface area contributed by atoms with Gasteiger partial charge in [0.15, 0.2) is 17.2 Å². The molecular formula is C24H26N8O3. The molecule has 1 saturated carbocycles. The number of rotatable bonds is 7.